The minimum absolute atomic E-state index is 0.245. The van der Waals surface area contributed by atoms with Gasteiger partial charge in [0.05, 0.1) is 11.6 Å². The van der Waals surface area contributed by atoms with E-state index < -0.39 is 0 Å². The summed E-state index contributed by atoms with van der Waals surface area (Å²) in [4.78, 5) is 4.39. The van der Waals surface area contributed by atoms with E-state index in [0.29, 0.717) is 0 Å². The Labute approximate surface area is 112 Å². The molecule has 96 valence electrons. The van der Waals surface area contributed by atoms with Gasteiger partial charge in [0, 0.05) is 24.0 Å². The number of alkyl halides is 1. The average molecular weight is 265 g/mol. The second kappa shape index (κ2) is 4.81. The van der Waals surface area contributed by atoms with Crippen molar-refractivity contribution >= 4 is 28.4 Å². The zero-order valence-electron chi connectivity index (χ0n) is 10.3. The molecule has 0 saturated heterocycles. The molecule has 0 aromatic carbocycles. The van der Waals surface area contributed by atoms with Gasteiger partial charge in [-0.1, -0.05) is 12.8 Å². The van der Waals surface area contributed by atoms with Crippen molar-refractivity contribution in [3.63, 3.8) is 0 Å². The molecule has 0 spiro atoms. The van der Waals surface area contributed by atoms with Gasteiger partial charge in [-0.15, -0.1) is 11.6 Å². The van der Waals surface area contributed by atoms with E-state index >= 15 is 0 Å². The second-order valence-electron chi connectivity index (χ2n) is 5.19. The van der Waals surface area contributed by atoms with E-state index in [2.05, 4.69) is 10.3 Å². The highest BCUT2D eigenvalue weighted by Gasteiger charge is 2.32. The van der Waals surface area contributed by atoms with E-state index in [9.17, 15) is 0 Å². The average Bonchev–Trinajstić information content (AvgIpc) is 3.06. The van der Waals surface area contributed by atoms with Crippen molar-refractivity contribution in [2.75, 3.05) is 17.7 Å². The van der Waals surface area contributed by atoms with E-state index in [4.69, 9.17) is 16.0 Å². The predicted octanol–water partition coefficient (Wildman–Crippen LogP) is 4.04. The predicted molar refractivity (Wildman–Crippen MR) is 74.1 cm³/mol. The van der Waals surface area contributed by atoms with Crippen LogP contribution >= 0.6 is 11.6 Å². The van der Waals surface area contributed by atoms with E-state index in [1.54, 1.807) is 12.5 Å². The highest BCUT2D eigenvalue weighted by molar-refractivity contribution is 6.18. The Kier molecular flexibility index (Phi) is 3.16. The fourth-order valence-electron chi connectivity index (χ4n) is 2.79. The molecular formula is C14H17ClN2O. The molecular weight excluding hydrogens is 248 g/mol. The summed E-state index contributed by atoms with van der Waals surface area (Å²) >= 11 is 6.15. The summed E-state index contributed by atoms with van der Waals surface area (Å²) in [5, 5.41) is 4.49. The Morgan fingerprint density at radius 1 is 1.33 bits per heavy atom. The molecule has 0 atom stereocenters. The van der Waals surface area contributed by atoms with Crippen LogP contribution in [0.15, 0.2) is 29.0 Å². The molecule has 0 aliphatic heterocycles. The van der Waals surface area contributed by atoms with Crippen molar-refractivity contribution in [2.45, 2.75) is 25.7 Å². The third kappa shape index (κ3) is 2.07. The van der Waals surface area contributed by atoms with Crippen molar-refractivity contribution in [1.29, 1.82) is 0 Å². The van der Waals surface area contributed by atoms with Gasteiger partial charge >= 0.3 is 0 Å². The molecule has 0 amide bonds. The number of rotatable bonds is 4. The Morgan fingerprint density at radius 3 is 2.94 bits per heavy atom. The molecule has 2 aromatic rings. The van der Waals surface area contributed by atoms with Gasteiger partial charge in [-0.05, 0) is 25.0 Å². The molecule has 1 fully saturated rings. The van der Waals surface area contributed by atoms with E-state index in [1.807, 2.05) is 12.1 Å². The van der Waals surface area contributed by atoms with Gasteiger partial charge in [0.25, 0.3) is 0 Å². The zero-order valence-corrected chi connectivity index (χ0v) is 11.0. The van der Waals surface area contributed by atoms with Crippen LogP contribution in [0.5, 0.6) is 0 Å². The molecule has 2 aromatic heterocycles. The van der Waals surface area contributed by atoms with Crippen molar-refractivity contribution in [2.24, 2.45) is 5.41 Å². The summed E-state index contributed by atoms with van der Waals surface area (Å²) in [5.41, 5.74) is 1.12. The summed E-state index contributed by atoms with van der Waals surface area (Å²) < 4.78 is 5.38. The SMILES string of the molecule is ClCC1(CNc2nccc3occc23)CCCC1. The normalized spacial score (nSPS) is 18.3. The number of hydrogen-bond acceptors (Lipinski definition) is 3. The first-order valence-electron chi connectivity index (χ1n) is 6.45. The lowest BCUT2D eigenvalue weighted by atomic mass is 9.88. The van der Waals surface area contributed by atoms with Gasteiger partial charge in [0.1, 0.15) is 11.4 Å². The lowest BCUT2D eigenvalue weighted by Crippen LogP contribution is -2.28. The molecule has 3 nitrogen and oxygen atoms in total. The lowest BCUT2D eigenvalue weighted by Gasteiger charge is -2.26. The van der Waals surface area contributed by atoms with E-state index in [0.717, 1.165) is 29.2 Å². The molecule has 2 heterocycles. The Bertz CT molecular complexity index is 531. The highest BCUT2D eigenvalue weighted by atomic mass is 35.5. The molecule has 18 heavy (non-hydrogen) atoms. The lowest BCUT2D eigenvalue weighted by molar-refractivity contribution is 0.368. The van der Waals surface area contributed by atoms with Crippen molar-refractivity contribution in [3.8, 4) is 0 Å². The number of fused-ring (bicyclic) bond motifs is 1. The summed E-state index contributed by atoms with van der Waals surface area (Å²) in [7, 11) is 0. The third-order valence-electron chi connectivity index (χ3n) is 3.96. The van der Waals surface area contributed by atoms with Crippen LogP contribution in [0.25, 0.3) is 11.0 Å². The summed E-state index contributed by atoms with van der Waals surface area (Å²) in [6.07, 6.45) is 8.48. The summed E-state index contributed by atoms with van der Waals surface area (Å²) in [6.45, 7) is 0.897. The van der Waals surface area contributed by atoms with Crippen LogP contribution in [0, 0.1) is 5.41 Å². The molecule has 1 N–H and O–H groups in total. The van der Waals surface area contributed by atoms with Crippen LogP contribution in [-0.4, -0.2) is 17.4 Å². The first kappa shape index (κ1) is 11.8. The number of pyridine rings is 1. The minimum atomic E-state index is 0.245. The number of halogens is 1. The first-order chi connectivity index (χ1) is 8.83. The molecule has 1 saturated carbocycles. The molecule has 1 aliphatic rings. The largest absolute Gasteiger partial charge is 0.464 e. The fraction of sp³-hybridized carbons (Fsp3) is 0.500. The number of furan rings is 1. The molecule has 0 bridgehead atoms. The molecule has 0 unspecified atom stereocenters. The molecule has 0 radical (unpaired) electrons. The minimum Gasteiger partial charge on any atom is -0.464 e. The van der Waals surface area contributed by atoms with Gasteiger partial charge in [-0.2, -0.15) is 0 Å². The second-order valence-corrected chi connectivity index (χ2v) is 5.45. The first-order valence-corrected chi connectivity index (χ1v) is 6.99. The number of aromatic nitrogens is 1. The van der Waals surface area contributed by atoms with Gasteiger partial charge in [0.15, 0.2) is 0 Å². The smallest absolute Gasteiger partial charge is 0.139 e. The van der Waals surface area contributed by atoms with Crippen LogP contribution in [0.1, 0.15) is 25.7 Å². The third-order valence-corrected chi connectivity index (χ3v) is 4.53. The number of nitrogens with zero attached hydrogens (tertiary/aromatic N) is 1. The van der Waals surface area contributed by atoms with E-state index in [1.165, 1.54) is 25.7 Å². The highest BCUT2D eigenvalue weighted by Crippen LogP contribution is 2.39. The zero-order chi connectivity index (χ0) is 12.4. The molecule has 3 rings (SSSR count). The van der Waals surface area contributed by atoms with Crippen LogP contribution < -0.4 is 5.32 Å². The Hall–Kier alpha value is -1.22. The van der Waals surface area contributed by atoms with Crippen LogP contribution in [0.4, 0.5) is 5.82 Å². The summed E-state index contributed by atoms with van der Waals surface area (Å²) in [6, 6.07) is 3.83. The number of anilines is 1. The van der Waals surface area contributed by atoms with Crippen molar-refractivity contribution in [1.82, 2.24) is 4.98 Å². The van der Waals surface area contributed by atoms with Crippen molar-refractivity contribution in [3.05, 3.63) is 24.6 Å². The Balaban J connectivity index is 1.78. The van der Waals surface area contributed by atoms with Gasteiger partial charge in [-0.25, -0.2) is 4.98 Å². The monoisotopic (exact) mass is 264 g/mol. The topological polar surface area (TPSA) is 38.1 Å². The number of nitrogens with one attached hydrogen (secondary N) is 1. The maximum atomic E-state index is 6.15. The quantitative estimate of drug-likeness (QED) is 0.847. The molecule has 4 heteroatoms. The van der Waals surface area contributed by atoms with Gasteiger partial charge in [-0.3, -0.25) is 0 Å². The standard InChI is InChI=1S/C14H17ClN2O/c15-9-14(5-1-2-6-14)10-17-13-11-4-8-18-12(11)3-7-16-13/h3-4,7-8H,1-2,5-6,9-10H2,(H,16,17). The van der Waals surface area contributed by atoms with Crippen LogP contribution in [-0.2, 0) is 0 Å². The maximum absolute atomic E-state index is 6.15. The maximum Gasteiger partial charge on any atom is 0.139 e. The van der Waals surface area contributed by atoms with Gasteiger partial charge < -0.3 is 9.73 Å². The Morgan fingerprint density at radius 2 is 2.17 bits per heavy atom. The summed E-state index contributed by atoms with van der Waals surface area (Å²) in [5.74, 6) is 1.62. The van der Waals surface area contributed by atoms with Crippen LogP contribution in [0.3, 0.4) is 0 Å². The fourth-order valence-corrected chi connectivity index (χ4v) is 3.15. The van der Waals surface area contributed by atoms with Gasteiger partial charge in [0.2, 0.25) is 0 Å². The van der Waals surface area contributed by atoms with Crippen molar-refractivity contribution < 1.29 is 4.42 Å². The van der Waals surface area contributed by atoms with E-state index in [-0.39, 0.29) is 5.41 Å². The molecule has 1 aliphatic carbocycles. The van der Waals surface area contributed by atoms with Crippen LogP contribution in [0.2, 0.25) is 0 Å². The number of hydrogen-bond donors (Lipinski definition) is 1.